The van der Waals surface area contributed by atoms with E-state index < -0.39 is 6.04 Å². The highest BCUT2D eigenvalue weighted by Gasteiger charge is 2.30. The summed E-state index contributed by atoms with van der Waals surface area (Å²) in [6.07, 6.45) is 6.81. The molecule has 5 rings (SSSR count). The molecule has 178 valence electrons. The Hall–Kier alpha value is -3.49. The molecule has 1 atom stereocenters. The zero-order valence-electron chi connectivity index (χ0n) is 19.8. The van der Waals surface area contributed by atoms with Crippen LogP contribution in [0.15, 0.2) is 30.6 Å². The third-order valence-electron chi connectivity index (χ3n) is 6.94. The van der Waals surface area contributed by atoms with Crippen LogP contribution in [0, 0.1) is 6.92 Å². The van der Waals surface area contributed by atoms with Crippen LogP contribution in [0.1, 0.15) is 48.6 Å². The first-order chi connectivity index (χ1) is 16.5. The molecule has 0 spiro atoms. The quantitative estimate of drug-likeness (QED) is 0.580. The molecule has 0 radical (unpaired) electrons. The third-order valence-corrected chi connectivity index (χ3v) is 6.94. The van der Waals surface area contributed by atoms with Crippen LogP contribution in [-0.2, 0) is 28.9 Å². The Balaban J connectivity index is 1.26. The van der Waals surface area contributed by atoms with E-state index in [1.807, 2.05) is 35.7 Å². The number of piperidine rings is 1. The maximum atomic E-state index is 13.1. The van der Waals surface area contributed by atoms with Gasteiger partial charge in [-0.15, -0.1) is 0 Å². The van der Waals surface area contributed by atoms with Gasteiger partial charge in [-0.25, -0.2) is 4.98 Å². The summed E-state index contributed by atoms with van der Waals surface area (Å²) < 4.78 is 1.86. The molecule has 2 aromatic heterocycles. The van der Waals surface area contributed by atoms with Crippen LogP contribution < -0.4 is 15.5 Å². The maximum Gasteiger partial charge on any atom is 0.254 e. The maximum absolute atomic E-state index is 13.1. The van der Waals surface area contributed by atoms with E-state index in [4.69, 9.17) is 0 Å². The van der Waals surface area contributed by atoms with Gasteiger partial charge in [-0.3, -0.25) is 9.59 Å². The lowest BCUT2D eigenvalue weighted by Gasteiger charge is -2.35. The number of carbonyl (C=O) groups excluding carboxylic acids is 2. The lowest BCUT2D eigenvalue weighted by Crippen LogP contribution is -2.52. The van der Waals surface area contributed by atoms with Crippen LogP contribution in [0.5, 0.6) is 0 Å². The first-order valence-electron chi connectivity index (χ1n) is 12.1. The molecule has 1 aromatic carbocycles. The van der Waals surface area contributed by atoms with Crippen LogP contribution in [-0.4, -0.2) is 56.6 Å². The molecule has 2 amide bonds. The second kappa shape index (κ2) is 9.40. The van der Waals surface area contributed by atoms with Gasteiger partial charge in [-0.05, 0) is 50.2 Å². The van der Waals surface area contributed by atoms with Crippen molar-refractivity contribution in [1.29, 1.82) is 0 Å². The van der Waals surface area contributed by atoms with E-state index in [1.54, 1.807) is 6.33 Å². The summed E-state index contributed by atoms with van der Waals surface area (Å²) in [5.74, 6) is 1.43. The Morgan fingerprint density at radius 3 is 2.74 bits per heavy atom. The number of anilines is 1. The van der Waals surface area contributed by atoms with Gasteiger partial charge < -0.3 is 15.5 Å². The molecule has 0 bridgehead atoms. The largest absolute Gasteiger partial charge is 0.356 e. The van der Waals surface area contributed by atoms with Gasteiger partial charge in [-0.2, -0.15) is 14.6 Å². The summed E-state index contributed by atoms with van der Waals surface area (Å²) >= 11 is 0. The molecule has 2 N–H and O–H groups in total. The van der Waals surface area contributed by atoms with Crippen molar-refractivity contribution in [2.24, 2.45) is 0 Å². The van der Waals surface area contributed by atoms with Gasteiger partial charge >= 0.3 is 0 Å². The van der Waals surface area contributed by atoms with E-state index in [1.165, 1.54) is 12.5 Å². The van der Waals surface area contributed by atoms with Crippen LogP contribution in [0.4, 0.5) is 5.82 Å². The van der Waals surface area contributed by atoms with Gasteiger partial charge in [0, 0.05) is 38.0 Å². The van der Waals surface area contributed by atoms with E-state index in [0.29, 0.717) is 12.2 Å². The average molecular weight is 462 g/mol. The molecular formula is C25H31N7O2. The van der Waals surface area contributed by atoms with Crippen molar-refractivity contribution in [3.8, 4) is 0 Å². The molecule has 2 aliphatic rings. The lowest BCUT2D eigenvalue weighted by atomic mass is 9.99. The van der Waals surface area contributed by atoms with E-state index in [-0.39, 0.29) is 17.9 Å². The van der Waals surface area contributed by atoms with Gasteiger partial charge in [0.25, 0.3) is 5.78 Å². The van der Waals surface area contributed by atoms with Crippen molar-refractivity contribution < 1.29 is 9.59 Å². The number of rotatable bonds is 6. The minimum atomic E-state index is -0.588. The molecular weight excluding hydrogens is 430 g/mol. The molecule has 0 saturated carbocycles. The zero-order chi connectivity index (χ0) is 23.7. The number of aromatic nitrogens is 4. The molecule has 3 heterocycles. The van der Waals surface area contributed by atoms with Gasteiger partial charge in [0.1, 0.15) is 18.2 Å². The Labute approximate surface area is 199 Å². The van der Waals surface area contributed by atoms with Crippen molar-refractivity contribution in [1.82, 2.24) is 30.2 Å². The van der Waals surface area contributed by atoms with E-state index >= 15 is 0 Å². The molecule has 1 saturated heterocycles. The molecule has 34 heavy (non-hydrogen) atoms. The zero-order valence-corrected chi connectivity index (χ0v) is 19.8. The van der Waals surface area contributed by atoms with Crippen molar-refractivity contribution in [3.05, 3.63) is 53.0 Å². The van der Waals surface area contributed by atoms with Crippen molar-refractivity contribution in [2.75, 3.05) is 18.0 Å². The van der Waals surface area contributed by atoms with Gasteiger partial charge in [0.05, 0.1) is 5.69 Å². The highest BCUT2D eigenvalue weighted by molar-refractivity contribution is 5.87. The van der Waals surface area contributed by atoms with Crippen LogP contribution in [0.25, 0.3) is 5.78 Å². The fraction of sp³-hybridized carbons (Fsp3) is 0.480. The second-order valence-corrected chi connectivity index (χ2v) is 9.34. The van der Waals surface area contributed by atoms with Crippen LogP contribution >= 0.6 is 0 Å². The van der Waals surface area contributed by atoms with Crippen molar-refractivity contribution in [3.63, 3.8) is 0 Å². The summed E-state index contributed by atoms with van der Waals surface area (Å²) in [5.41, 5.74) is 4.60. The molecule has 9 nitrogen and oxygen atoms in total. The summed E-state index contributed by atoms with van der Waals surface area (Å²) in [6.45, 7) is 5.11. The number of fused-ring (bicyclic) bond motifs is 2. The summed E-state index contributed by atoms with van der Waals surface area (Å²) in [7, 11) is 0. The monoisotopic (exact) mass is 461 g/mol. The Kier molecular flexibility index (Phi) is 6.17. The number of nitrogens with one attached hydrogen (secondary N) is 2. The molecule has 1 aliphatic carbocycles. The lowest BCUT2D eigenvalue weighted by molar-refractivity contribution is -0.128. The Morgan fingerprint density at radius 2 is 1.97 bits per heavy atom. The van der Waals surface area contributed by atoms with Crippen molar-refractivity contribution >= 4 is 23.4 Å². The van der Waals surface area contributed by atoms with Gasteiger partial charge in [0.2, 0.25) is 11.8 Å². The highest BCUT2D eigenvalue weighted by Crippen LogP contribution is 2.32. The average Bonchev–Trinajstić information content (AvgIpc) is 3.48. The van der Waals surface area contributed by atoms with Crippen LogP contribution in [0.2, 0.25) is 0 Å². The van der Waals surface area contributed by atoms with Crippen molar-refractivity contribution in [2.45, 2.75) is 64.5 Å². The fourth-order valence-electron chi connectivity index (χ4n) is 5.18. The SMILES string of the molecule is CC(=O)N[C@H](Cc1ccccc1C)C(=O)NC1CCN(c2c3c(nc4ncnn24)CCC3)CC1. The molecule has 9 heteroatoms. The predicted molar refractivity (Wildman–Crippen MR) is 129 cm³/mol. The first-order valence-corrected chi connectivity index (χ1v) is 12.1. The third kappa shape index (κ3) is 4.47. The number of amides is 2. The number of benzene rings is 1. The number of carbonyl (C=O) groups is 2. The summed E-state index contributed by atoms with van der Waals surface area (Å²) in [5, 5.41) is 10.5. The number of nitrogens with zero attached hydrogens (tertiary/aromatic N) is 5. The molecule has 3 aromatic rings. The number of hydrogen-bond donors (Lipinski definition) is 2. The molecule has 1 fully saturated rings. The van der Waals surface area contributed by atoms with E-state index in [0.717, 1.165) is 67.8 Å². The molecule has 1 aliphatic heterocycles. The smallest absolute Gasteiger partial charge is 0.254 e. The Morgan fingerprint density at radius 1 is 1.18 bits per heavy atom. The first kappa shape index (κ1) is 22.3. The fourth-order valence-corrected chi connectivity index (χ4v) is 5.18. The predicted octanol–water partition coefficient (Wildman–Crippen LogP) is 1.75. The van der Waals surface area contributed by atoms with Gasteiger partial charge in [-0.1, -0.05) is 24.3 Å². The summed E-state index contributed by atoms with van der Waals surface area (Å²) in [6, 6.07) is 7.45. The normalized spacial score (nSPS) is 16.9. The Bertz CT molecular complexity index is 1210. The second-order valence-electron chi connectivity index (χ2n) is 9.34. The highest BCUT2D eigenvalue weighted by atomic mass is 16.2. The summed E-state index contributed by atoms with van der Waals surface area (Å²) in [4.78, 5) is 36.3. The van der Waals surface area contributed by atoms with Crippen LogP contribution in [0.3, 0.4) is 0 Å². The van der Waals surface area contributed by atoms with E-state index in [2.05, 4.69) is 30.6 Å². The minimum absolute atomic E-state index is 0.0676. The van der Waals surface area contributed by atoms with E-state index in [9.17, 15) is 9.59 Å². The standard InChI is InChI=1S/C25H31N7O2/c1-16-6-3-4-7-18(16)14-22(28-17(2)33)23(34)29-19-10-12-31(13-11-19)24-20-8-5-9-21(20)30-25-26-15-27-32(24)25/h3-4,6-7,15,19,22H,5,8-14H2,1-2H3,(H,28,33)(H,29,34)/t22-/m1/s1. The minimum Gasteiger partial charge on any atom is -0.356 e. The number of aryl methyl sites for hydroxylation is 2. The molecule has 0 unspecified atom stereocenters. The number of hydrogen-bond acceptors (Lipinski definition) is 6. The van der Waals surface area contributed by atoms with Gasteiger partial charge in [0.15, 0.2) is 0 Å². The topological polar surface area (TPSA) is 105 Å².